The molecule has 2 N–H and O–H groups in total. The molecule has 0 amide bonds. The molecule has 0 fully saturated rings. The Labute approximate surface area is 109 Å². The van der Waals surface area contributed by atoms with E-state index in [1.165, 1.54) is 0 Å². The lowest BCUT2D eigenvalue weighted by Gasteiger charge is -2.06. The van der Waals surface area contributed by atoms with Crippen LogP contribution in [0.5, 0.6) is 0 Å². The summed E-state index contributed by atoms with van der Waals surface area (Å²) >= 11 is 5.80. The molecule has 2 aromatic heterocycles. The van der Waals surface area contributed by atoms with Gasteiger partial charge in [0.25, 0.3) is 0 Å². The van der Waals surface area contributed by atoms with E-state index in [9.17, 15) is 0 Å². The number of ether oxygens (including phenoxy) is 1. The summed E-state index contributed by atoms with van der Waals surface area (Å²) in [6.07, 6.45) is 4.23. The zero-order valence-corrected chi connectivity index (χ0v) is 10.6. The van der Waals surface area contributed by atoms with Crippen molar-refractivity contribution in [2.75, 3.05) is 25.1 Å². The van der Waals surface area contributed by atoms with Gasteiger partial charge in [-0.25, -0.2) is 4.98 Å². The van der Waals surface area contributed by atoms with Crippen LogP contribution < -0.4 is 5.32 Å². The average Bonchev–Trinajstić information content (AvgIpc) is 2.81. The normalized spacial score (nSPS) is 10.7. The molecule has 0 aromatic carbocycles. The molecule has 2 aromatic rings. The Bertz CT molecular complexity index is 527. The fraction of sp³-hybridized carbons (Fsp3) is 0.364. The van der Waals surface area contributed by atoms with Crippen molar-refractivity contribution in [1.82, 2.24) is 19.9 Å². The lowest BCUT2D eigenvalue weighted by molar-refractivity contribution is 0.149. The first-order chi connectivity index (χ1) is 8.81. The number of fused-ring (bicyclic) bond motifs is 1. The maximum atomic E-state index is 5.80. The Hall–Kier alpha value is -1.66. The molecule has 18 heavy (non-hydrogen) atoms. The summed E-state index contributed by atoms with van der Waals surface area (Å²) in [6.45, 7) is 5.53. The van der Waals surface area contributed by atoms with Crippen molar-refractivity contribution in [1.29, 1.82) is 0 Å². The topological polar surface area (TPSA) is 75.7 Å². The molecule has 0 saturated heterocycles. The first-order valence-corrected chi connectivity index (χ1v) is 5.98. The van der Waals surface area contributed by atoms with E-state index in [2.05, 4.69) is 31.8 Å². The van der Waals surface area contributed by atoms with Crippen LogP contribution >= 0.6 is 11.6 Å². The van der Waals surface area contributed by atoms with E-state index in [0.717, 1.165) is 11.9 Å². The molecule has 0 aliphatic carbocycles. The Morgan fingerprint density at radius 1 is 1.44 bits per heavy atom. The monoisotopic (exact) mass is 267 g/mol. The van der Waals surface area contributed by atoms with Gasteiger partial charge < -0.3 is 15.0 Å². The molecular weight excluding hydrogens is 254 g/mol. The number of hydrogen-bond acceptors (Lipinski definition) is 5. The molecule has 96 valence electrons. The highest BCUT2D eigenvalue weighted by molar-refractivity contribution is 6.28. The van der Waals surface area contributed by atoms with E-state index < -0.39 is 0 Å². The van der Waals surface area contributed by atoms with Crippen molar-refractivity contribution in [2.45, 2.75) is 6.42 Å². The lowest BCUT2D eigenvalue weighted by atomic mass is 10.4. The summed E-state index contributed by atoms with van der Waals surface area (Å²) in [5.41, 5.74) is 1.29. The summed E-state index contributed by atoms with van der Waals surface area (Å²) in [5.74, 6) is 0.634. The number of hydrogen-bond donors (Lipinski definition) is 2. The first kappa shape index (κ1) is 12.8. The third kappa shape index (κ3) is 3.18. The fourth-order valence-electron chi connectivity index (χ4n) is 1.44. The second-order valence-corrected chi connectivity index (χ2v) is 3.90. The third-order valence-electron chi connectivity index (χ3n) is 2.26. The van der Waals surface area contributed by atoms with E-state index in [1.807, 2.05) is 6.08 Å². The summed E-state index contributed by atoms with van der Waals surface area (Å²) in [5, 5.41) is 3.30. The number of H-pyrrole nitrogens is 1. The van der Waals surface area contributed by atoms with Crippen LogP contribution in [0, 0.1) is 0 Å². The SMILES string of the molecule is C=CCCOCCNc1nc(Cl)nc2nc[nH]c12. The van der Waals surface area contributed by atoms with Crippen molar-refractivity contribution in [3.8, 4) is 0 Å². The predicted octanol–water partition coefficient (Wildman–Crippen LogP) is 2.01. The van der Waals surface area contributed by atoms with E-state index >= 15 is 0 Å². The fourth-order valence-corrected chi connectivity index (χ4v) is 1.61. The zero-order chi connectivity index (χ0) is 12.8. The van der Waals surface area contributed by atoms with E-state index in [0.29, 0.717) is 31.2 Å². The van der Waals surface area contributed by atoms with E-state index in [-0.39, 0.29) is 5.28 Å². The minimum atomic E-state index is 0.171. The minimum absolute atomic E-state index is 0.171. The Kier molecular flexibility index (Phi) is 4.49. The third-order valence-corrected chi connectivity index (χ3v) is 2.43. The van der Waals surface area contributed by atoms with Crippen LogP contribution in [0.3, 0.4) is 0 Å². The number of imidazole rings is 1. The van der Waals surface area contributed by atoms with Gasteiger partial charge in [-0.05, 0) is 18.0 Å². The quantitative estimate of drug-likeness (QED) is 0.456. The predicted molar refractivity (Wildman–Crippen MR) is 70.8 cm³/mol. The van der Waals surface area contributed by atoms with Crippen molar-refractivity contribution in [3.63, 3.8) is 0 Å². The average molecular weight is 268 g/mol. The van der Waals surface area contributed by atoms with E-state index in [4.69, 9.17) is 16.3 Å². The molecule has 0 radical (unpaired) electrons. The summed E-state index contributed by atoms with van der Waals surface area (Å²) in [6, 6.07) is 0. The number of nitrogens with one attached hydrogen (secondary N) is 2. The van der Waals surface area contributed by atoms with Crippen molar-refractivity contribution in [3.05, 3.63) is 24.3 Å². The van der Waals surface area contributed by atoms with Crippen LogP contribution in [0.4, 0.5) is 5.82 Å². The van der Waals surface area contributed by atoms with Crippen LogP contribution in [0.15, 0.2) is 19.0 Å². The van der Waals surface area contributed by atoms with Crippen LogP contribution in [-0.4, -0.2) is 39.7 Å². The minimum Gasteiger partial charge on any atom is -0.379 e. The van der Waals surface area contributed by atoms with Crippen LogP contribution in [0.1, 0.15) is 6.42 Å². The summed E-state index contributed by atoms with van der Waals surface area (Å²) < 4.78 is 5.38. The molecule has 0 saturated carbocycles. The van der Waals surface area contributed by atoms with Gasteiger partial charge in [0, 0.05) is 6.54 Å². The highest BCUT2D eigenvalue weighted by atomic mass is 35.5. The van der Waals surface area contributed by atoms with Gasteiger partial charge >= 0.3 is 0 Å². The molecule has 0 atom stereocenters. The molecule has 0 spiro atoms. The molecule has 0 bridgehead atoms. The molecule has 0 aliphatic heterocycles. The molecular formula is C11H14ClN5O. The van der Waals surface area contributed by atoms with Crippen molar-refractivity contribution >= 4 is 28.6 Å². The molecule has 0 aliphatic rings. The largest absolute Gasteiger partial charge is 0.379 e. The standard InChI is InChI=1S/C11H14ClN5O/c1-2-3-5-18-6-4-13-9-8-10(15-7-14-8)17-11(12)16-9/h2,7H,1,3-6H2,(H2,13,14,15,16,17). The van der Waals surface area contributed by atoms with E-state index in [1.54, 1.807) is 6.33 Å². The molecule has 7 heteroatoms. The second kappa shape index (κ2) is 6.32. The second-order valence-electron chi connectivity index (χ2n) is 3.56. The van der Waals surface area contributed by atoms with Gasteiger partial charge in [0.15, 0.2) is 11.5 Å². The first-order valence-electron chi connectivity index (χ1n) is 5.60. The molecule has 6 nitrogen and oxygen atoms in total. The Morgan fingerprint density at radius 2 is 2.33 bits per heavy atom. The highest BCUT2D eigenvalue weighted by Crippen LogP contribution is 2.17. The van der Waals surface area contributed by atoms with Crippen molar-refractivity contribution < 1.29 is 4.74 Å². The molecule has 2 rings (SSSR count). The lowest BCUT2D eigenvalue weighted by Crippen LogP contribution is -2.11. The zero-order valence-electron chi connectivity index (χ0n) is 9.82. The van der Waals surface area contributed by atoms with Gasteiger partial charge in [0.2, 0.25) is 5.28 Å². The number of anilines is 1. The van der Waals surface area contributed by atoms with Crippen LogP contribution in [0.2, 0.25) is 5.28 Å². The van der Waals surface area contributed by atoms with Gasteiger partial charge in [-0.3, -0.25) is 0 Å². The highest BCUT2D eigenvalue weighted by Gasteiger charge is 2.07. The maximum absolute atomic E-state index is 5.80. The van der Waals surface area contributed by atoms with Gasteiger partial charge in [0.1, 0.15) is 5.52 Å². The summed E-state index contributed by atoms with van der Waals surface area (Å²) in [4.78, 5) is 15.1. The van der Waals surface area contributed by atoms with Gasteiger partial charge in [-0.2, -0.15) is 9.97 Å². The van der Waals surface area contributed by atoms with Crippen LogP contribution in [-0.2, 0) is 4.74 Å². The number of aromatic amines is 1. The van der Waals surface area contributed by atoms with Crippen molar-refractivity contribution in [2.24, 2.45) is 0 Å². The maximum Gasteiger partial charge on any atom is 0.226 e. The van der Waals surface area contributed by atoms with Gasteiger partial charge in [-0.15, -0.1) is 6.58 Å². The number of halogens is 1. The van der Waals surface area contributed by atoms with Gasteiger partial charge in [-0.1, -0.05) is 6.08 Å². The van der Waals surface area contributed by atoms with Crippen LogP contribution in [0.25, 0.3) is 11.2 Å². The summed E-state index contributed by atoms with van der Waals surface area (Å²) in [7, 11) is 0. The Morgan fingerprint density at radius 3 is 3.17 bits per heavy atom. The number of rotatable bonds is 7. The van der Waals surface area contributed by atoms with Gasteiger partial charge in [0.05, 0.1) is 19.5 Å². The number of aromatic nitrogens is 4. The number of nitrogens with zero attached hydrogens (tertiary/aromatic N) is 3. The smallest absolute Gasteiger partial charge is 0.226 e. The molecule has 2 heterocycles. The molecule has 0 unspecified atom stereocenters. The Balaban J connectivity index is 1.90.